The van der Waals surface area contributed by atoms with Crippen LogP contribution in [0.3, 0.4) is 0 Å². The molecule has 0 bridgehead atoms. The summed E-state index contributed by atoms with van der Waals surface area (Å²) >= 11 is 1.87. The highest BCUT2D eigenvalue weighted by Gasteiger charge is 2.04. The highest BCUT2D eigenvalue weighted by Crippen LogP contribution is 2.25. The van der Waals surface area contributed by atoms with Crippen LogP contribution in [0.4, 0.5) is 0 Å². The zero-order chi connectivity index (χ0) is 13.5. The second kappa shape index (κ2) is 7.31. The molecule has 1 heterocycles. The second-order valence-electron chi connectivity index (χ2n) is 4.50. The maximum atomic E-state index is 4.04. The largest absolute Gasteiger partial charge is 0.310 e. The van der Waals surface area contributed by atoms with E-state index in [1.807, 2.05) is 24.2 Å². The van der Waals surface area contributed by atoms with Crippen molar-refractivity contribution in [3.63, 3.8) is 0 Å². The van der Waals surface area contributed by atoms with Crippen molar-refractivity contribution < 1.29 is 0 Å². The number of pyridine rings is 1. The van der Waals surface area contributed by atoms with Crippen LogP contribution in [0, 0.1) is 0 Å². The number of thioether (sulfide) groups is 1. The van der Waals surface area contributed by atoms with E-state index in [-0.39, 0.29) is 0 Å². The fourth-order valence-electron chi connectivity index (χ4n) is 1.94. The van der Waals surface area contributed by atoms with E-state index in [9.17, 15) is 0 Å². The van der Waals surface area contributed by atoms with E-state index in [0.717, 1.165) is 12.3 Å². The van der Waals surface area contributed by atoms with Gasteiger partial charge in [0.05, 0.1) is 0 Å². The van der Waals surface area contributed by atoms with Gasteiger partial charge in [0, 0.05) is 29.1 Å². The van der Waals surface area contributed by atoms with Crippen LogP contribution in [0.25, 0.3) is 0 Å². The van der Waals surface area contributed by atoms with Crippen molar-refractivity contribution in [2.24, 2.45) is 0 Å². The van der Waals surface area contributed by atoms with Gasteiger partial charge in [-0.25, -0.2) is 0 Å². The van der Waals surface area contributed by atoms with E-state index in [1.165, 1.54) is 16.0 Å². The van der Waals surface area contributed by atoms with Crippen LogP contribution in [0.5, 0.6) is 0 Å². The summed E-state index contributed by atoms with van der Waals surface area (Å²) in [5, 5.41) is 3.45. The van der Waals surface area contributed by atoms with Gasteiger partial charge in [0.25, 0.3) is 0 Å². The Kier molecular flexibility index (Phi) is 5.43. The standard InChI is InChI=1S/C16H20N2S/c1-3-18-13(2)15-5-4-6-16(11-15)19-12-14-7-9-17-10-8-14/h4-11,13,18H,3,12H2,1-2H3. The Morgan fingerprint density at radius 3 is 2.74 bits per heavy atom. The summed E-state index contributed by atoms with van der Waals surface area (Å²) < 4.78 is 0. The number of nitrogens with zero attached hydrogens (tertiary/aromatic N) is 1. The van der Waals surface area contributed by atoms with Gasteiger partial charge in [0.1, 0.15) is 0 Å². The van der Waals surface area contributed by atoms with Gasteiger partial charge < -0.3 is 5.32 Å². The minimum atomic E-state index is 0.409. The van der Waals surface area contributed by atoms with Crippen LogP contribution in [-0.4, -0.2) is 11.5 Å². The summed E-state index contributed by atoms with van der Waals surface area (Å²) in [6, 6.07) is 13.3. The molecule has 0 saturated carbocycles. The lowest BCUT2D eigenvalue weighted by Crippen LogP contribution is -2.17. The quantitative estimate of drug-likeness (QED) is 0.803. The van der Waals surface area contributed by atoms with Gasteiger partial charge in [-0.05, 0) is 48.9 Å². The summed E-state index contributed by atoms with van der Waals surface area (Å²) in [5.74, 6) is 0.988. The fraction of sp³-hybridized carbons (Fsp3) is 0.312. The van der Waals surface area contributed by atoms with Gasteiger partial charge >= 0.3 is 0 Å². The maximum absolute atomic E-state index is 4.04. The van der Waals surface area contributed by atoms with Gasteiger partial charge in [-0.15, -0.1) is 11.8 Å². The molecule has 2 aromatic rings. The molecule has 1 atom stereocenters. The molecule has 0 fully saturated rings. The van der Waals surface area contributed by atoms with Crippen molar-refractivity contribution in [3.05, 3.63) is 59.9 Å². The van der Waals surface area contributed by atoms with E-state index in [1.54, 1.807) is 0 Å². The zero-order valence-electron chi connectivity index (χ0n) is 11.5. The average molecular weight is 272 g/mol. The van der Waals surface area contributed by atoms with Gasteiger partial charge in [0.2, 0.25) is 0 Å². The summed E-state index contributed by atoms with van der Waals surface area (Å²) in [4.78, 5) is 5.36. The van der Waals surface area contributed by atoms with Crippen molar-refractivity contribution in [1.82, 2.24) is 10.3 Å². The number of hydrogen-bond acceptors (Lipinski definition) is 3. The van der Waals surface area contributed by atoms with Gasteiger partial charge in [-0.2, -0.15) is 0 Å². The van der Waals surface area contributed by atoms with Crippen molar-refractivity contribution >= 4 is 11.8 Å². The summed E-state index contributed by atoms with van der Waals surface area (Å²) in [6.07, 6.45) is 3.69. The van der Waals surface area contributed by atoms with E-state index in [0.29, 0.717) is 6.04 Å². The molecule has 2 nitrogen and oxygen atoms in total. The fourth-order valence-corrected chi connectivity index (χ4v) is 2.86. The molecule has 19 heavy (non-hydrogen) atoms. The Morgan fingerprint density at radius 1 is 1.21 bits per heavy atom. The second-order valence-corrected chi connectivity index (χ2v) is 5.54. The summed E-state index contributed by atoms with van der Waals surface area (Å²) in [5.41, 5.74) is 2.66. The average Bonchev–Trinajstić information content (AvgIpc) is 2.47. The monoisotopic (exact) mass is 272 g/mol. The molecule has 100 valence electrons. The Balaban J connectivity index is 1.99. The van der Waals surface area contributed by atoms with Crippen LogP contribution in [0.1, 0.15) is 31.0 Å². The highest BCUT2D eigenvalue weighted by atomic mass is 32.2. The van der Waals surface area contributed by atoms with Crippen molar-refractivity contribution in [2.75, 3.05) is 6.54 Å². The van der Waals surface area contributed by atoms with E-state index in [2.05, 4.69) is 60.5 Å². The first-order chi connectivity index (χ1) is 9.29. The smallest absolute Gasteiger partial charge is 0.0292 e. The van der Waals surface area contributed by atoms with Gasteiger partial charge in [-0.3, -0.25) is 4.98 Å². The van der Waals surface area contributed by atoms with Gasteiger partial charge in [0.15, 0.2) is 0 Å². The minimum Gasteiger partial charge on any atom is -0.310 e. The lowest BCUT2D eigenvalue weighted by molar-refractivity contribution is 0.597. The van der Waals surface area contributed by atoms with E-state index in [4.69, 9.17) is 0 Å². The summed E-state index contributed by atoms with van der Waals surface area (Å²) in [6.45, 7) is 5.34. The summed E-state index contributed by atoms with van der Waals surface area (Å²) in [7, 11) is 0. The first kappa shape index (κ1) is 14.1. The Morgan fingerprint density at radius 2 is 2.00 bits per heavy atom. The number of hydrogen-bond donors (Lipinski definition) is 1. The first-order valence-electron chi connectivity index (χ1n) is 6.64. The molecule has 0 aliphatic carbocycles. The van der Waals surface area contributed by atoms with Crippen molar-refractivity contribution in [1.29, 1.82) is 0 Å². The predicted octanol–water partition coefficient (Wildman–Crippen LogP) is 4.04. The van der Waals surface area contributed by atoms with Crippen LogP contribution in [0.15, 0.2) is 53.7 Å². The molecule has 3 heteroatoms. The Hall–Kier alpha value is -1.32. The molecule has 1 N–H and O–H groups in total. The molecule has 0 amide bonds. The molecule has 0 aliphatic rings. The SMILES string of the molecule is CCNC(C)c1cccc(SCc2ccncc2)c1. The number of rotatable bonds is 6. The highest BCUT2D eigenvalue weighted by molar-refractivity contribution is 7.98. The molecule has 1 aromatic carbocycles. The van der Waals surface area contributed by atoms with E-state index >= 15 is 0 Å². The first-order valence-corrected chi connectivity index (χ1v) is 7.63. The number of benzene rings is 1. The topological polar surface area (TPSA) is 24.9 Å². The van der Waals surface area contributed by atoms with Crippen LogP contribution in [0.2, 0.25) is 0 Å². The lowest BCUT2D eigenvalue weighted by atomic mass is 10.1. The number of nitrogens with one attached hydrogen (secondary N) is 1. The lowest BCUT2D eigenvalue weighted by Gasteiger charge is -2.13. The molecule has 0 aliphatic heterocycles. The predicted molar refractivity (Wildman–Crippen MR) is 82.3 cm³/mol. The third-order valence-electron chi connectivity index (χ3n) is 3.02. The Bertz CT molecular complexity index is 499. The van der Waals surface area contributed by atoms with Crippen LogP contribution in [-0.2, 0) is 5.75 Å². The van der Waals surface area contributed by atoms with Crippen molar-refractivity contribution in [2.45, 2.75) is 30.5 Å². The van der Waals surface area contributed by atoms with Gasteiger partial charge in [-0.1, -0.05) is 19.1 Å². The third kappa shape index (κ3) is 4.37. The van der Waals surface area contributed by atoms with Crippen LogP contribution < -0.4 is 5.32 Å². The third-order valence-corrected chi connectivity index (χ3v) is 4.09. The Labute approximate surface area is 119 Å². The molecule has 1 aromatic heterocycles. The molecule has 2 rings (SSSR count). The number of aromatic nitrogens is 1. The zero-order valence-corrected chi connectivity index (χ0v) is 12.3. The van der Waals surface area contributed by atoms with E-state index < -0.39 is 0 Å². The molecular formula is C16H20N2S. The molecule has 0 saturated heterocycles. The normalized spacial score (nSPS) is 12.3. The van der Waals surface area contributed by atoms with Crippen LogP contribution >= 0.6 is 11.8 Å². The molecule has 0 radical (unpaired) electrons. The maximum Gasteiger partial charge on any atom is 0.0292 e. The minimum absolute atomic E-state index is 0.409. The van der Waals surface area contributed by atoms with Crippen molar-refractivity contribution in [3.8, 4) is 0 Å². The molecular weight excluding hydrogens is 252 g/mol. The molecule has 0 spiro atoms. The molecule has 1 unspecified atom stereocenters.